The van der Waals surface area contributed by atoms with Crippen LogP contribution in [0.4, 0.5) is 9.18 Å². The summed E-state index contributed by atoms with van der Waals surface area (Å²) in [6.07, 6.45) is 2.31. The van der Waals surface area contributed by atoms with Crippen molar-refractivity contribution < 1.29 is 9.18 Å². The number of nitrogens with one attached hydrogen (secondary N) is 3. The monoisotopic (exact) mass is 265 g/mol. The van der Waals surface area contributed by atoms with Gasteiger partial charge >= 0.3 is 6.03 Å². The van der Waals surface area contributed by atoms with Crippen LogP contribution in [0, 0.1) is 11.7 Å². The van der Waals surface area contributed by atoms with Crippen molar-refractivity contribution in [3.05, 3.63) is 35.6 Å². The van der Waals surface area contributed by atoms with E-state index in [1.807, 2.05) is 0 Å². The zero-order valence-corrected chi connectivity index (χ0v) is 10.9. The summed E-state index contributed by atoms with van der Waals surface area (Å²) in [5.74, 6) is 0.224. The summed E-state index contributed by atoms with van der Waals surface area (Å²) in [5.41, 5.74) is 0.759. The lowest BCUT2D eigenvalue weighted by molar-refractivity contribution is 0.236. The molecule has 5 heteroatoms. The van der Waals surface area contributed by atoms with Crippen LogP contribution >= 0.6 is 0 Å². The molecule has 104 valence electrons. The van der Waals surface area contributed by atoms with Gasteiger partial charge in [0.25, 0.3) is 0 Å². The average molecular weight is 265 g/mol. The number of urea groups is 1. The highest BCUT2D eigenvalue weighted by atomic mass is 19.1. The van der Waals surface area contributed by atoms with Gasteiger partial charge in [0.15, 0.2) is 0 Å². The van der Waals surface area contributed by atoms with Crippen molar-refractivity contribution in [3.63, 3.8) is 0 Å². The number of carbonyl (C=O) groups excluding carboxylic acids is 1. The van der Waals surface area contributed by atoms with Crippen LogP contribution < -0.4 is 16.0 Å². The summed E-state index contributed by atoms with van der Waals surface area (Å²) >= 11 is 0. The number of halogens is 1. The fourth-order valence-electron chi connectivity index (χ4n) is 2.23. The molecule has 1 aliphatic rings. The third-order valence-electron chi connectivity index (χ3n) is 3.29. The second kappa shape index (κ2) is 7.09. The minimum atomic E-state index is -0.284. The molecular formula is C14H20FN3O. The lowest BCUT2D eigenvalue weighted by Crippen LogP contribution is -2.41. The van der Waals surface area contributed by atoms with E-state index in [0.717, 1.165) is 31.5 Å². The van der Waals surface area contributed by atoms with Gasteiger partial charge in [-0.15, -0.1) is 0 Å². The van der Waals surface area contributed by atoms with Gasteiger partial charge in [0, 0.05) is 13.1 Å². The maximum Gasteiger partial charge on any atom is 0.315 e. The molecule has 1 aromatic rings. The van der Waals surface area contributed by atoms with Crippen LogP contribution in [0.25, 0.3) is 0 Å². The van der Waals surface area contributed by atoms with Crippen LogP contribution in [0.3, 0.4) is 0 Å². The Balaban J connectivity index is 1.66. The molecule has 1 unspecified atom stereocenters. The van der Waals surface area contributed by atoms with Gasteiger partial charge in [0.2, 0.25) is 0 Å². The minimum absolute atomic E-state index is 0.199. The molecule has 0 aromatic heterocycles. The number of piperidine rings is 1. The molecule has 1 saturated heterocycles. The predicted octanol–water partition coefficient (Wildman–Crippen LogP) is 1.62. The second-order valence-electron chi connectivity index (χ2n) is 4.91. The molecule has 1 heterocycles. The van der Waals surface area contributed by atoms with Crippen LogP contribution in [-0.4, -0.2) is 25.7 Å². The Morgan fingerprint density at radius 1 is 1.42 bits per heavy atom. The van der Waals surface area contributed by atoms with Gasteiger partial charge in [-0.1, -0.05) is 12.1 Å². The van der Waals surface area contributed by atoms with Gasteiger partial charge in [-0.05, 0) is 49.5 Å². The minimum Gasteiger partial charge on any atom is -0.338 e. The Morgan fingerprint density at radius 3 is 3.05 bits per heavy atom. The highest BCUT2D eigenvalue weighted by Crippen LogP contribution is 2.08. The van der Waals surface area contributed by atoms with E-state index in [-0.39, 0.29) is 11.8 Å². The van der Waals surface area contributed by atoms with Crippen molar-refractivity contribution in [2.24, 2.45) is 5.92 Å². The molecule has 1 atom stereocenters. The molecule has 0 spiro atoms. The van der Waals surface area contributed by atoms with Crippen LogP contribution in [0.1, 0.15) is 18.4 Å². The molecule has 4 nitrogen and oxygen atoms in total. The normalized spacial score (nSPS) is 18.9. The lowest BCUT2D eigenvalue weighted by atomic mass is 10.00. The fourth-order valence-corrected chi connectivity index (χ4v) is 2.23. The molecule has 1 fully saturated rings. The van der Waals surface area contributed by atoms with Gasteiger partial charge in [-0.25, -0.2) is 9.18 Å². The Hall–Kier alpha value is -1.62. The molecule has 1 aliphatic heterocycles. The quantitative estimate of drug-likeness (QED) is 0.775. The van der Waals surface area contributed by atoms with Crippen molar-refractivity contribution in [2.45, 2.75) is 19.4 Å². The molecule has 2 rings (SSSR count). The summed E-state index contributed by atoms with van der Waals surface area (Å²) in [6, 6.07) is 6.03. The van der Waals surface area contributed by atoms with E-state index >= 15 is 0 Å². The van der Waals surface area contributed by atoms with Crippen molar-refractivity contribution in [3.8, 4) is 0 Å². The van der Waals surface area contributed by atoms with Crippen LogP contribution in [-0.2, 0) is 6.54 Å². The molecule has 0 radical (unpaired) electrons. The van der Waals surface area contributed by atoms with E-state index in [4.69, 9.17) is 0 Å². The summed E-state index contributed by atoms with van der Waals surface area (Å²) < 4.78 is 12.9. The van der Waals surface area contributed by atoms with Gasteiger partial charge in [0.05, 0.1) is 0 Å². The molecule has 0 aliphatic carbocycles. The van der Waals surface area contributed by atoms with E-state index in [1.54, 1.807) is 12.1 Å². The maximum atomic E-state index is 12.9. The second-order valence-corrected chi connectivity index (χ2v) is 4.91. The highest BCUT2D eigenvalue weighted by molar-refractivity contribution is 5.73. The van der Waals surface area contributed by atoms with E-state index in [9.17, 15) is 9.18 Å². The van der Waals surface area contributed by atoms with E-state index in [2.05, 4.69) is 16.0 Å². The fraction of sp³-hybridized carbons (Fsp3) is 0.500. The number of amides is 2. The van der Waals surface area contributed by atoms with Crippen LogP contribution in [0.2, 0.25) is 0 Å². The number of hydrogen-bond acceptors (Lipinski definition) is 2. The lowest BCUT2D eigenvalue weighted by Gasteiger charge is -2.22. The molecule has 2 amide bonds. The van der Waals surface area contributed by atoms with Crippen molar-refractivity contribution >= 4 is 6.03 Å². The van der Waals surface area contributed by atoms with Crippen molar-refractivity contribution in [2.75, 3.05) is 19.6 Å². The largest absolute Gasteiger partial charge is 0.338 e. The van der Waals surface area contributed by atoms with E-state index in [0.29, 0.717) is 19.0 Å². The molecule has 3 N–H and O–H groups in total. The number of rotatable bonds is 4. The van der Waals surface area contributed by atoms with Gasteiger partial charge in [-0.2, -0.15) is 0 Å². The van der Waals surface area contributed by atoms with E-state index in [1.165, 1.54) is 12.1 Å². The first-order valence-corrected chi connectivity index (χ1v) is 6.71. The standard InChI is InChI=1S/C14H20FN3O/c15-13-5-1-3-11(7-13)9-17-14(19)18-10-12-4-2-6-16-8-12/h1,3,5,7,12,16H,2,4,6,8-10H2,(H2,17,18,19). The Morgan fingerprint density at radius 2 is 2.32 bits per heavy atom. The van der Waals surface area contributed by atoms with Crippen LogP contribution in [0.15, 0.2) is 24.3 Å². The maximum absolute atomic E-state index is 12.9. The summed E-state index contributed by atoms with van der Waals surface area (Å²) in [5, 5.41) is 8.89. The topological polar surface area (TPSA) is 53.2 Å². The van der Waals surface area contributed by atoms with E-state index < -0.39 is 0 Å². The summed E-state index contributed by atoms with van der Waals surface area (Å²) in [6.45, 7) is 3.06. The molecule has 19 heavy (non-hydrogen) atoms. The van der Waals surface area contributed by atoms with Gasteiger partial charge in [0.1, 0.15) is 5.82 Å². The predicted molar refractivity (Wildman–Crippen MR) is 72.2 cm³/mol. The average Bonchev–Trinajstić information content (AvgIpc) is 2.44. The van der Waals surface area contributed by atoms with Gasteiger partial charge in [-0.3, -0.25) is 0 Å². The zero-order valence-electron chi connectivity index (χ0n) is 10.9. The summed E-state index contributed by atoms with van der Waals surface area (Å²) in [4.78, 5) is 11.6. The Labute approximate surface area is 112 Å². The number of carbonyl (C=O) groups is 1. The highest BCUT2D eigenvalue weighted by Gasteiger charge is 2.13. The molecule has 0 bridgehead atoms. The summed E-state index contributed by atoms with van der Waals surface area (Å²) in [7, 11) is 0. The third-order valence-corrected chi connectivity index (χ3v) is 3.29. The van der Waals surface area contributed by atoms with Crippen molar-refractivity contribution in [1.29, 1.82) is 0 Å². The van der Waals surface area contributed by atoms with Crippen molar-refractivity contribution in [1.82, 2.24) is 16.0 Å². The SMILES string of the molecule is O=C(NCc1cccc(F)c1)NCC1CCCNC1. The first kappa shape index (κ1) is 13.8. The van der Waals surface area contributed by atoms with Crippen LogP contribution in [0.5, 0.6) is 0 Å². The number of hydrogen-bond donors (Lipinski definition) is 3. The molecular weight excluding hydrogens is 245 g/mol. The first-order chi connectivity index (χ1) is 9.24. The number of benzene rings is 1. The smallest absolute Gasteiger partial charge is 0.315 e. The third kappa shape index (κ3) is 4.87. The first-order valence-electron chi connectivity index (χ1n) is 6.71. The Kier molecular flexibility index (Phi) is 5.15. The zero-order chi connectivity index (χ0) is 13.5. The van der Waals surface area contributed by atoms with Gasteiger partial charge < -0.3 is 16.0 Å². The molecule has 1 aromatic carbocycles. The Bertz CT molecular complexity index is 419. The molecule has 0 saturated carbocycles.